The van der Waals surface area contributed by atoms with Gasteiger partial charge in [-0.1, -0.05) is 6.92 Å². The number of hydrogen-bond donors (Lipinski definition) is 1. The number of likely N-dealkylation sites (tertiary alicyclic amines) is 1. The molecule has 0 bridgehead atoms. The molecule has 1 unspecified atom stereocenters. The molecule has 2 rings (SSSR count). The Hall–Kier alpha value is -0.320. The van der Waals surface area contributed by atoms with Crippen LogP contribution in [0.25, 0.3) is 0 Å². The Morgan fingerprint density at radius 2 is 2.00 bits per heavy atom. The largest absolute Gasteiger partial charge is 0.340 e. The van der Waals surface area contributed by atoms with Crippen molar-refractivity contribution in [3.05, 3.63) is 0 Å². The summed E-state index contributed by atoms with van der Waals surface area (Å²) in [4.78, 5) is 16.3. The number of nitrogens with zero attached hydrogens (tertiary/aromatic N) is 2. The lowest BCUT2D eigenvalue weighted by Gasteiger charge is -2.28. The van der Waals surface area contributed by atoms with Gasteiger partial charge in [-0.05, 0) is 18.9 Å². The lowest BCUT2D eigenvalue weighted by molar-refractivity contribution is -0.132. The van der Waals surface area contributed by atoms with Crippen LogP contribution in [-0.2, 0) is 4.79 Å². The first-order chi connectivity index (χ1) is 7.75. The third-order valence-corrected chi connectivity index (χ3v) is 3.62. The molecule has 1 atom stereocenters. The van der Waals surface area contributed by atoms with Gasteiger partial charge >= 0.3 is 0 Å². The van der Waals surface area contributed by atoms with Crippen LogP contribution in [-0.4, -0.2) is 61.5 Å². The number of halogens is 1. The van der Waals surface area contributed by atoms with Gasteiger partial charge in [0.15, 0.2) is 0 Å². The number of carbonyl (C=O) groups is 1. The molecule has 4 nitrogen and oxygen atoms in total. The van der Waals surface area contributed by atoms with E-state index in [1.54, 1.807) is 0 Å². The molecule has 0 radical (unpaired) electrons. The molecule has 2 saturated heterocycles. The van der Waals surface area contributed by atoms with Crippen LogP contribution in [0.5, 0.6) is 0 Å². The Bertz CT molecular complexity index is 244. The average Bonchev–Trinajstić information content (AvgIpc) is 2.73. The number of piperazine rings is 1. The maximum atomic E-state index is 11.9. The molecule has 2 fully saturated rings. The van der Waals surface area contributed by atoms with E-state index >= 15 is 0 Å². The summed E-state index contributed by atoms with van der Waals surface area (Å²) in [5, 5.41) is 3.27. The van der Waals surface area contributed by atoms with Gasteiger partial charge in [0, 0.05) is 45.7 Å². The van der Waals surface area contributed by atoms with Gasteiger partial charge in [0.2, 0.25) is 5.91 Å². The topological polar surface area (TPSA) is 35.6 Å². The van der Waals surface area contributed by atoms with Gasteiger partial charge in [0.1, 0.15) is 0 Å². The van der Waals surface area contributed by atoms with E-state index in [0.717, 1.165) is 38.6 Å². The van der Waals surface area contributed by atoms with Crippen LogP contribution in [0, 0.1) is 5.92 Å². The molecular formula is C12H24ClN3O. The lowest BCUT2D eigenvalue weighted by Crippen LogP contribution is -2.47. The second kappa shape index (κ2) is 7.19. The van der Waals surface area contributed by atoms with Crippen molar-refractivity contribution < 1.29 is 4.79 Å². The molecule has 0 aromatic heterocycles. The summed E-state index contributed by atoms with van der Waals surface area (Å²) < 4.78 is 0. The normalized spacial score (nSPS) is 25.7. The highest BCUT2D eigenvalue weighted by Crippen LogP contribution is 2.15. The smallest absolute Gasteiger partial charge is 0.223 e. The van der Waals surface area contributed by atoms with Crippen LogP contribution < -0.4 is 5.32 Å². The Labute approximate surface area is 110 Å². The van der Waals surface area contributed by atoms with E-state index in [1.807, 2.05) is 4.90 Å². The van der Waals surface area contributed by atoms with E-state index in [4.69, 9.17) is 0 Å². The molecule has 0 aromatic carbocycles. The molecule has 1 N–H and O–H groups in total. The van der Waals surface area contributed by atoms with Gasteiger partial charge in [-0.25, -0.2) is 0 Å². The van der Waals surface area contributed by atoms with Crippen molar-refractivity contribution in [2.75, 3.05) is 45.8 Å². The predicted octanol–water partition coefficient (Wildman–Crippen LogP) is 0.572. The highest BCUT2D eigenvalue weighted by molar-refractivity contribution is 5.85. The number of carbonyl (C=O) groups excluding carboxylic acids is 1. The van der Waals surface area contributed by atoms with Crippen molar-refractivity contribution in [2.24, 2.45) is 5.92 Å². The van der Waals surface area contributed by atoms with Crippen LogP contribution in [0.15, 0.2) is 0 Å². The summed E-state index contributed by atoms with van der Waals surface area (Å²) in [7, 11) is 0. The van der Waals surface area contributed by atoms with Crippen molar-refractivity contribution in [1.29, 1.82) is 0 Å². The summed E-state index contributed by atoms with van der Waals surface area (Å²) in [6, 6.07) is 0. The van der Waals surface area contributed by atoms with Gasteiger partial charge in [-0.2, -0.15) is 0 Å². The highest BCUT2D eigenvalue weighted by Gasteiger charge is 2.21. The molecule has 2 heterocycles. The lowest BCUT2D eigenvalue weighted by atomic mass is 10.2. The maximum absolute atomic E-state index is 11.9. The quantitative estimate of drug-likeness (QED) is 0.807. The van der Waals surface area contributed by atoms with E-state index in [2.05, 4.69) is 17.1 Å². The van der Waals surface area contributed by atoms with Gasteiger partial charge in [0.05, 0.1) is 0 Å². The maximum Gasteiger partial charge on any atom is 0.223 e. The van der Waals surface area contributed by atoms with Crippen LogP contribution in [0.3, 0.4) is 0 Å². The van der Waals surface area contributed by atoms with E-state index in [1.165, 1.54) is 19.5 Å². The monoisotopic (exact) mass is 261 g/mol. The standard InChI is InChI=1S/C12H23N3O.ClH/c1-11-2-6-14(10-11)7-3-12(16)15-8-4-13-5-9-15;/h11,13H,2-10H2,1H3;1H. The first-order valence-electron chi connectivity index (χ1n) is 6.46. The zero-order chi connectivity index (χ0) is 11.4. The molecule has 1 amide bonds. The summed E-state index contributed by atoms with van der Waals surface area (Å²) in [5.74, 6) is 1.15. The molecule has 2 aliphatic heterocycles. The predicted molar refractivity (Wildman–Crippen MR) is 71.5 cm³/mol. The number of nitrogens with one attached hydrogen (secondary N) is 1. The zero-order valence-electron chi connectivity index (χ0n) is 10.7. The molecule has 0 aromatic rings. The molecule has 5 heteroatoms. The van der Waals surface area contributed by atoms with E-state index in [0.29, 0.717) is 12.3 Å². The summed E-state index contributed by atoms with van der Waals surface area (Å²) >= 11 is 0. The first kappa shape index (κ1) is 14.7. The third kappa shape index (κ3) is 4.45. The van der Waals surface area contributed by atoms with Gasteiger partial charge < -0.3 is 15.1 Å². The summed E-state index contributed by atoms with van der Waals surface area (Å²) in [6.45, 7) is 9.26. The molecule has 2 aliphatic rings. The number of hydrogen-bond acceptors (Lipinski definition) is 3. The van der Waals surface area contributed by atoms with Crippen molar-refractivity contribution in [1.82, 2.24) is 15.1 Å². The van der Waals surface area contributed by atoms with Crippen LogP contribution in [0.2, 0.25) is 0 Å². The minimum Gasteiger partial charge on any atom is -0.340 e. The third-order valence-electron chi connectivity index (χ3n) is 3.62. The fourth-order valence-electron chi connectivity index (χ4n) is 2.56. The fraction of sp³-hybridized carbons (Fsp3) is 0.917. The zero-order valence-corrected chi connectivity index (χ0v) is 11.5. The molecular weight excluding hydrogens is 238 g/mol. The average molecular weight is 262 g/mol. The van der Waals surface area contributed by atoms with Gasteiger partial charge in [-0.3, -0.25) is 4.79 Å². The Balaban J connectivity index is 0.00000144. The molecule has 0 spiro atoms. The van der Waals surface area contributed by atoms with Crippen LogP contribution >= 0.6 is 12.4 Å². The van der Waals surface area contributed by atoms with Gasteiger partial charge in [0.25, 0.3) is 0 Å². The molecule has 0 aliphatic carbocycles. The van der Waals surface area contributed by atoms with Crippen molar-refractivity contribution in [2.45, 2.75) is 19.8 Å². The second-order valence-electron chi connectivity index (χ2n) is 5.08. The first-order valence-corrected chi connectivity index (χ1v) is 6.46. The minimum absolute atomic E-state index is 0. The Morgan fingerprint density at radius 1 is 1.29 bits per heavy atom. The van der Waals surface area contributed by atoms with E-state index < -0.39 is 0 Å². The van der Waals surface area contributed by atoms with E-state index in [-0.39, 0.29) is 12.4 Å². The van der Waals surface area contributed by atoms with E-state index in [9.17, 15) is 4.79 Å². The number of rotatable bonds is 3. The molecule has 100 valence electrons. The Kier molecular flexibility index (Phi) is 6.23. The molecule has 0 saturated carbocycles. The minimum atomic E-state index is 0. The highest BCUT2D eigenvalue weighted by atomic mass is 35.5. The molecule has 17 heavy (non-hydrogen) atoms. The van der Waals surface area contributed by atoms with Crippen LogP contribution in [0.1, 0.15) is 19.8 Å². The Morgan fingerprint density at radius 3 is 2.59 bits per heavy atom. The second-order valence-corrected chi connectivity index (χ2v) is 5.08. The number of amides is 1. The summed E-state index contributed by atoms with van der Waals surface area (Å²) in [5.41, 5.74) is 0. The van der Waals surface area contributed by atoms with Gasteiger partial charge in [-0.15, -0.1) is 12.4 Å². The van der Waals surface area contributed by atoms with Crippen molar-refractivity contribution >= 4 is 18.3 Å². The van der Waals surface area contributed by atoms with Crippen molar-refractivity contribution in [3.8, 4) is 0 Å². The fourth-order valence-corrected chi connectivity index (χ4v) is 2.56. The van der Waals surface area contributed by atoms with Crippen molar-refractivity contribution in [3.63, 3.8) is 0 Å². The summed E-state index contributed by atoms with van der Waals surface area (Å²) in [6.07, 6.45) is 1.99. The van der Waals surface area contributed by atoms with Crippen LogP contribution in [0.4, 0.5) is 0 Å². The SMILES string of the molecule is CC1CCN(CCC(=O)N2CCNCC2)C1.Cl.